The van der Waals surface area contributed by atoms with Gasteiger partial charge in [-0.2, -0.15) is 0 Å². The lowest BCUT2D eigenvalue weighted by Crippen LogP contribution is -2.52. The Balaban J connectivity index is 1.84. The maximum absolute atomic E-state index is 12.7. The van der Waals surface area contributed by atoms with Crippen LogP contribution in [0.15, 0.2) is 47.5 Å². The summed E-state index contributed by atoms with van der Waals surface area (Å²) in [7, 11) is 0. The number of benzene rings is 1. The molecule has 0 aromatic heterocycles. The van der Waals surface area contributed by atoms with E-state index in [1.807, 2.05) is 18.2 Å². The molecule has 3 aliphatic rings. The summed E-state index contributed by atoms with van der Waals surface area (Å²) in [6.45, 7) is 4.16. The Morgan fingerprint density at radius 2 is 2.00 bits per heavy atom. The Labute approximate surface area is 131 Å². The van der Waals surface area contributed by atoms with Crippen LogP contribution in [0.3, 0.4) is 0 Å². The third-order valence-corrected chi connectivity index (χ3v) is 5.21. The summed E-state index contributed by atoms with van der Waals surface area (Å²) in [5.74, 6) is 0.780. The highest BCUT2D eigenvalue weighted by Crippen LogP contribution is 2.51. The number of allylic oxidation sites excluding steroid dienone is 1. The van der Waals surface area contributed by atoms with Crippen LogP contribution in [0, 0.1) is 17.8 Å². The standard InChI is InChI=1S/C19H21NO2/c1-12(2)17-16(14-6-4-3-5-7-14)20-19(18(21)22-17)11-13-8-9-15(19)10-13/h3-9,12-13,15,17H,10-11H2,1-2H3/t13?,15?,17-,19+/m0/s1. The largest absolute Gasteiger partial charge is 0.454 e. The number of nitrogens with zero attached hydrogens (tertiary/aromatic N) is 1. The van der Waals surface area contributed by atoms with E-state index < -0.39 is 5.54 Å². The molecule has 1 spiro atoms. The van der Waals surface area contributed by atoms with Crippen LogP contribution in [0.1, 0.15) is 32.3 Å². The summed E-state index contributed by atoms with van der Waals surface area (Å²) >= 11 is 0. The van der Waals surface area contributed by atoms with Gasteiger partial charge >= 0.3 is 5.97 Å². The van der Waals surface area contributed by atoms with Gasteiger partial charge in [0.05, 0.1) is 5.71 Å². The van der Waals surface area contributed by atoms with Crippen LogP contribution in [-0.4, -0.2) is 23.3 Å². The fourth-order valence-electron chi connectivity index (χ4n) is 4.08. The van der Waals surface area contributed by atoms with E-state index in [9.17, 15) is 4.79 Å². The first-order chi connectivity index (χ1) is 10.6. The minimum Gasteiger partial charge on any atom is -0.454 e. The predicted octanol–water partition coefficient (Wildman–Crippen LogP) is 3.39. The molecule has 0 N–H and O–H groups in total. The average Bonchev–Trinajstić information content (AvgIpc) is 3.12. The van der Waals surface area contributed by atoms with Crippen molar-refractivity contribution in [3.63, 3.8) is 0 Å². The van der Waals surface area contributed by atoms with Gasteiger partial charge in [-0.3, -0.25) is 4.99 Å². The Hall–Kier alpha value is -1.90. The molecule has 1 saturated carbocycles. The first kappa shape index (κ1) is 13.7. The van der Waals surface area contributed by atoms with E-state index in [2.05, 4.69) is 38.1 Å². The van der Waals surface area contributed by atoms with Gasteiger partial charge in [0.1, 0.15) is 6.10 Å². The van der Waals surface area contributed by atoms with Crippen molar-refractivity contribution in [3.05, 3.63) is 48.0 Å². The monoisotopic (exact) mass is 295 g/mol. The number of carbonyl (C=O) groups is 1. The minimum atomic E-state index is -0.671. The normalized spacial score (nSPS) is 36.0. The van der Waals surface area contributed by atoms with E-state index in [-0.39, 0.29) is 23.9 Å². The topological polar surface area (TPSA) is 38.7 Å². The van der Waals surface area contributed by atoms with Crippen LogP contribution >= 0.6 is 0 Å². The Kier molecular flexibility index (Phi) is 3.00. The van der Waals surface area contributed by atoms with Crippen molar-refractivity contribution >= 4 is 11.7 Å². The number of carbonyl (C=O) groups excluding carboxylic acids is 1. The molecule has 0 saturated heterocycles. The quantitative estimate of drug-likeness (QED) is 0.619. The third-order valence-electron chi connectivity index (χ3n) is 5.21. The zero-order chi connectivity index (χ0) is 15.3. The van der Waals surface area contributed by atoms with Gasteiger partial charge in [0.25, 0.3) is 0 Å². The summed E-state index contributed by atoms with van der Waals surface area (Å²) in [6, 6.07) is 10.1. The Bertz CT molecular complexity index is 661. The zero-order valence-electron chi connectivity index (χ0n) is 13.0. The van der Waals surface area contributed by atoms with Gasteiger partial charge in [0, 0.05) is 5.92 Å². The van der Waals surface area contributed by atoms with Crippen LogP contribution in [0.5, 0.6) is 0 Å². The first-order valence-electron chi connectivity index (χ1n) is 8.15. The van der Waals surface area contributed by atoms with Crippen molar-refractivity contribution in [1.82, 2.24) is 0 Å². The summed E-state index contributed by atoms with van der Waals surface area (Å²) in [5.41, 5.74) is 1.34. The number of fused-ring (bicyclic) bond motifs is 3. The van der Waals surface area contributed by atoms with E-state index >= 15 is 0 Å². The molecule has 4 atom stereocenters. The van der Waals surface area contributed by atoms with E-state index in [4.69, 9.17) is 9.73 Å². The van der Waals surface area contributed by atoms with E-state index in [0.717, 1.165) is 24.1 Å². The number of aliphatic imine (C=N–C) groups is 1. The zero-order valence-corrected chi connectivity index (χ0v) is 13.0. The highest BCUT2D eigenvalue weighted by atomic mass is 16.5. The molecule has 2 unspecified atom stereocenters. The Morgan fingerprint density at radius 1 is 1.23 bits per heavy atom. The molecule has 22 heavy (non-hydrogen) atoms. The van der Waals surface area contributed by atoms with E-state index in [1.165, 1.54) is 0 Å². The van der Waals surface area contributed by atoms with Gasteiger partial charge in [-0.1, -0.05) is 56.3 Å². The van der Waals surface area contributed by atoms with Gasteiger partial charge in [-0.05, 0) is 30.2 Å². The predicted molar refractivity (Wildman–Crippen MR) is 85.8 cm³/mol. The van der Waals surface area contributed by atoms with Crippen LogP contribution < -0.4 is 0 Å². The van der Waals surface area contributed by atoms with Crippen molar-refractivity contribution in [2.24, 2.45) is 22.7 Å². The lowest BCUT2D eigenvalue weighted by atomic mass is 9.82. The molecular weight excluding hydrogens is 274 g/mol. The summed E-state index contributed by atoms with van der Waals surface area (Å²) in [5, 5.41) is 0. The number of hydrogen-bond acceptors (Lipinski definition) is 3. The first-order valence-corrected chi connectivity index (χ1v) is 8.15. The minimum absolute atomic E-state index is 0.122. The van der Waals surface area contributed by atoms with Gasteiger partial charge < -0.3 is 4.74 Å². The number of rotatable bonds is 2. The maximum Gasteiger partial charge on any atom is 0.335 e. The smallest absolute Gasteiger partial charge is 0.335 e. The molecule has 0 amide bonds. The van der Waals surface area contributed by atoms with Crippen LogP contribution in [0.2, 0.25) is 0 Å². The molecule has 2 bridgehead atoms. The number of ether oxygens (including phenoxy) is 1. The molecule has 1 aromatic carbocycles. The number of esters is 1. The second-order valence-electron chi connectivity index (χ2n) is 7.05. The van der Waals surface area contributed by atoms with Crippen LogP contribution in [0.4, 0.5) is 0 Å². The van der Waals surface area contributed by atoms with Crippen molar-refractivity contribution in [1.29, 1.82) is 0 Å². The molecule has 1 heterocycles. The molecule has 2 aliphatic carbocycles. The summed E-state index contributed by atoms with van der Waals surface area (Å²) in [6.07, 6.45) is 5.98. The lowest BCUT2D eigenvalue weighted by molar-refractivity contribution is -0.157. The summed E-state index contributed by atoms with van der Waals surface area (Å²) < 4.78 is 5.90. The molecule has 0 radical (unpaired) electrons. The second kappa shape index (κ2) is 4.80. The highest BCUT2D eigenvalue weighted by Gasteiger charge is 2.57. The molecule has 3 nitrogen and oxygen atoms in total. The van der Waals surface area contributed by atoms with Crippen LogP contribution in [-0.2, 0) is 9.53 Å². The molecule has 3 heteroatoms. The molecular formula is C19H21NO2. The third kappa shape index (κ3) is 1.88. The van der Waals surface area contributed by atoms with E-state index in [0.29, 0.717) is 5.92 Å². The van der Waals surface area contributed by atoms with E-state index in [1.54, 1.807) is 0 Å². The lowest BCUT2D eigenvalue weighted by Gasteiger charge is -2.38. The number of cyclic esters (lactones) is 1. The second-order valence-corrected chi connectivity index (χ2v) is 7.05. The molecule has 4 rings (SSSR count). The fourth-order valence-corrected chi connectivity index (χ4v) is 4.08. The maximum atomic E-state index is 12.7. The van der Waals surface area contributed by atoms with Crippen molar-refractivity contribution < 1.29 is 9.53 Å². The summed E-state index contributed by atoms with van der Waals surface area (Å²) in [4.78, 5) is 17.8. The average molecular weight is 295 g/mol. The molecule has 1 aromatic rings. The van der Waals surface area contributed by atoms with Gasteiger partial charge in [0.2, 0.25) is 0 Å². The Morgan fingerprint density at radius 3 is 2.59 bits per heavy atom. The SMILES string of the molecule is CC(C)[C@@H]1OC(=O)[C@]2(CC3C=CC2C3)N=C1c1ccccc1. The van der Waals surface area contributed by atoms with Gasteiger partial charge in [-0.15, -0.1) is 0 Å². The fraction of sp³-hybridized carbons (Fsp3) is 0.474. The van der Waals surface area contributed by atoms with Gasteiger partial charge in [0.15, 0.2) is 5.54 Å². The molecule has 1 fully saturated rings. The van der Waals surface area contributed by atoms with Gasteiger partial charge in [-0.25, -0.2) is 4.79 Å². The molecule has 1 aliphatic heterocycles. The van der Waals surface area contributed by atoms with Crippen LogP contribution in [0.25, 0.3) is 0 Å². The van der Waals surface area contributed by atoms with Crippen molar-refractivity contribution in [2.45, 2.75) is 38.3 Å². The number of hydrogen-bond donors (Lipinski definition) is 0. The van der Waals surface area contributed by atoms with Crippen molar-refractivity contribution in [2.75, 3.05) is 0 Å². The van der Waals surface area contributed by atoms with Crippen molar-refractivity contribution in [3.8, 4) is 0 Å². The molecule has 114 valence electrons. The highest BCUT2D eigenvalue weighted by molar-refractivity contribution is 6.08.